The molecule has 0 aliphatic carbocycles. The van der Waals surface area contributed by atoms with Crippen molar-refractivity contribution in [3.8, 4) is 0 Å². The Balaban J connectivity index is 4.21. The van der Waals surface area contributed by atoms with Crippen molar-refractivity contribution in [3.05, 3.63) is 0 Å². The molecule has 5 heteroatoms. The SMILES string of the molecule is COC(=O)C[C@](C)(O)C(=O)OC. The molecule has 0 spiro atoms. The number of methoxy groups -OCH3 is 2. The highest BCUT2D eigenvalue weighted by atomic mass is 16.5. The second kappa shape index (κ2) is 4.06. The molecule has 0 amide bonds. The summed E-state index contributed by atoms with van der Waals surface area (Å²) < 4.78 is 8.54. The van der Waals surface area contributed by atoms with Gasteiger partial charge in [0.1, 0.15) is 0 Å². The van der Waals surface area contributed by atoms with Crippen LogP contribution in [0.1, 0.15) is 13.3 Å². The van der Waals surface area contributed by atoms with Crippen molar-refractivity contribution < 1.29 is 24.2 Å². The molecule has 12 heavy (non-hydrogen) atoms. The minimum absolute atomic E-state index is 0.407. The van der Waals surface area contributed by atoms with Crippen molar-refractivity contribution >= 4 is 11.9 Å². The van der Waals surface area contributed by atoms with Crippen LogP contribution in [0.3, 0.4) is 0 Å². The fourth-order valence-electron chi connectivity index (χ4n) is 0.645. The van der Waals surface area contributed by atoms with E-state index >= 15 is 0 Å². The van der Waals surface area contributed by atoms with E-state index in [1.165, 1.54) is 14.0 Å². The maximum absolute atomic E-state index is 10.8. The molecule has 0 unspecified atom stereocenters. The van der Waals surface area contributed by atoms with Crippen LogP contribution in [0.4, 0.5) is 0 Å². The predicted molar refractivity (Wildman–Crippen MR) is 39.3 cm³/mol. The molecule has 70 valence electrons. The van der Waals surface area contributed by atoms with E-state index in [0.717, 1.165) is 7.11 Å². The Kier molecular flexibility index (Phi) is 3.69. The lowest BCUT2D eigenvalue weighted by atomic mass is 10.0. The highest BCUT2D eigenvalue weighted by Crippen LogP contribution is 2.11. The molecule has 0 fully saturated rings. The van der Waals surface area contributed by atoms with E-state index in [-0.39, 0.29) is 0 Å². The summed E-state index contributed by atoms with van der Waals surface area (Å²) in [5, 5.41) is 9.31. The molecule has 0 saturated heterocycles. The van der Waals surface area contributed by atoms with E-state index in [9.17, 15) is 14.7 Å². The minimum Gasteiger partial charge on any atom is -0.469 e. The van der Waals surface area contributed by atoms with Crippen LogP contribution in [0.25, 0.3) is 0 Å². The molecule has 1 N–H and O–H groups in total. The zero-order valence-electron chi connectivity index (χ0n) is 7.29. The van der Waals surface area contributed by atoms with Gasteiger partial charge in [-0.2, -0.15) is 0 Å². The largest absolute Gasteiger partial charge is 0.469 e. The van der Waals surface area contributed by atoms with Crippen LogP contribution in [0, 0.1) is 0 Å². The van der Waals surface area contributed by atoms with Crippen molar-refractivity contribution in [3.63, 3.8) is 0 Å². The van der Waals surface area contributed by atoms with Crippen LogP contribution in [-0.2, 0) is 19.1 Å². The quantitative estimate of drug-likeness (QED) is 0.585. The van der Waals surface area contributed by atoms with Crippen LogP contribution in [0.5, 0.6) is 0 Å². The Morgan fingerprint density at radius 3 is 2.17 bits per heavy atom. The maximum Gasteiger partial charge on any atom is 0.338 e. The number of rotatable bonds is 3. The molecular weight excluding hydrogens is 164 g/mol. The van der Waals surface area contributed by atoms with Gasteiger partial charge in [0.05, 0.1) is 20.6 Å². The standard InChI is InChI=1S/C7H12O5/c1-7(10,6(9)12-3)4-5(8)11-2/h10H,4H2,1-3H3/t7-/m0/s1. The van der Waals surface area contributed by atoms with E-state index in [4.69, 9.17) is 0 Å². The summed E-state index contributed by atoms with van der Waals surface area (Å²) in [4.78, 5) is 21.5. The lowest BCUT2D eigenvalue weighted by Crippen LogP contribution is -2.38. The smallest absolute Gasteiger partial charge is 0.338 e. The first kappa shape index (κ1) is 10.9. The van der Waals surface area contributed by atoms with E-state index in [1.807, 2.05) is 0 Å². The molecule has 0 bridgehead atoms. The summed E-state index contributed by atoms with van der Waals surface area (Å²) in [6.07, 6.45) is -0.407. The molecule has 0 aliphatic rings. The van der Waals surface area contributed by atoms with Crippen LogP contribution in [-0.4, -0.2) is 36.9 Å². The zero-order valence-corrected chi connectivity index (χ0v) is 7.29. The predicted octanol–water partition coefficient (Wildman–Crippen LogP) is -0.527. The maximum atomic E-state index is 10.8. The van der Waals surface area contributed by atoms with Gasteiger partial charge in [-0.3, -0.25) is 4.79 Å². The van der Waals surface area contributed by atoms with Gasteiger partial charge in [0, 0.05) is 0 Å². The Hall–Kier alpha value is -1.10. The van der Waals surface area contributed by atoms with Crippen molar-refractivity contribution in [1.82, 2.24) is 0 Å². The van der Waals surface area contributed by atoms with Gasteiger partial charge in [-0.05, 0) is 6.92 Å². The molecule has 0 saturated carbocycles. The molecule has 0 radical (unpaired) electrons. The minimum atomic E-state index is -1.80. The first-order valence-corrected chi connectivity index (χ1v) is 3.31. The van der Waals surface area contributed by atoms with E-state index < -0.39 is 24.0 Å². The molecule has 0 heterocycles. The highest BCUT2D eigenvalue weighted by Gasteiger charge is 2.34. The van der Waals surface area contributed by atoms with E-state index in [0.29, 0.717) is 0 Å². The number of esters is 2. The Bertz CT molecular complexity index is 184. The average molecular weight is 176 g/mol. The third-order valence-electron chi connectivity index (χ3n) is 1.34. The van der Waals surface area contributed by atoms with Gasteiger partial charge in [0.25, 0.3) is 0 Å². The molecular formula is C7H12O5. The summed E-state index contributed by atoms with van der Waals surface area (Å²) in [5.41, 5.74) is -1.80. The second-order valence-corrected chi connectivity index (χ2v) is 2.52. The summed E-state index contributed by atoms with van der Waals surface area (Å²) in [6, 6.07) is 0. The molecule has 0 aromatic rings. The Morgan fingerprint density at radius 1 is 1.33 bits per heavy atom. The Labute approximate surface area is 70.3 Å². The Morgan fingerprint density at radius 2 is 1.83 bits per heavy atom. The third-order valence-corrected chi connectivity index (χ3v) is 1.34. The molecule has 0 rings (SSSR count). The van der Waals surface area contributed by atoms with E-state index in [1.54, 1.807) is 0 Å². The monoisotopic (exact) mass is 176 g/mol. The first-order chi connectivity index (χ1) is 5.44. The number of carbonyl (C=O) groups excluding carboxylic acids is 2. The van der Waals surface area contributed by atoms with Crippen molar-refractivity contribution in [2.24, 2.45) is 0 Å². The molecule has 5 nitrogen and oxygen atoms in total. The summed E-state index contributed by atoms with van der Waals surface area (Å²) in [7, 11) is 2.31. The van der Waals surface area contributed by atoms with Crippen LogP contribution in [0.2, 0.25) is 0 Å². The normalized spacial score (nSPS) is 14.7. The summed E-state index contributed by atoms with van der Waals surface area (Å²) in [6.45, 7) is 1.19. The fourth-order valence-corrected chi connectivity index (χ4v) is 0.645. The summed E-state index contributed by atoms with van der Waals surface area (Å²) in [5.74, 6) is -1.52. The molecule has 1 atom stereocenters. The molecule has 0 aliphatic heterocycles. The van der Waals surface area contributed by atoms with Crippen molar-refractivity contribution in [2.75, 3.05) is 14.2 Å². The lowest BCUT2D eigenvalue weighted by Gasteiger charge is -2.17. The number of carbonyl (C=O) groups is 2. The van der Waals surface area contributed by atoms with Crippen LogP contribution in [0.15, 0.2) is 0 Å². The van der Waals surface area contributed by atoms with Crippen molar-refractivity contribution in [1.29, 1.82) is 0 Å². The summed E-state index contributed by atoms with van der Waals surface area (Å²) >= 11 is 0. The number of ether oxygens (including phenoxy) is 2. The van der Waals surface area contributed by atoms with Gasteiger partial charge in [0.2, 0.25) is 0 Å². The third kappa shape index (κ3) is 2.87. The zero-order chi connectivity index (χ0) is 9.78. The van der Waals surface area contributed by atoms with E-state index in [2.05, 4.69) is 9.47 Å². The lowest BCUT2D eigenvalue weighted by molar-refractivity contribution is -0.167. The van der Waals surface area contributed by atoms with Crippen LogP contribution < -0.4 is 0 Å². The number of hydrogen-bond acceptors (Lipinski definition) is 5. The second-order valence-electron chi connectivity index (χ2n) is 2.52. The van der Waals surface area contributed by atoms with Gasteiger partial charge in [0.15, 0.2) is 5.60 Å². The van der Waals surface area contributed by atoms with Gasteiger partial charge in [-0.25, -0.2) is 4.79 Å². The van der Waals surface area contributed by atoms with Gasteiger partial charge < -0.3 is 14.6 Å². The topological polar surface area (TPSA) is 72.8 Å². The highest BCUT2D eigenvalue weighted by molar-refractivity contribution is 5.85. The van der Waals surface area contributed by atoms with Gasteiger partial charge in [-0.1, -0.05) is 0 Å². The number of hydrogen-bond donors (Lipinski definition) is 1. The van der Waals surface area contributed by atoms with Gasteiger partial charge in [-0.15, -0.1) is 0 Å². The number of aliphatic hydroxyl groups is 1. The average Bonchev–Trinajstić information content (AvgIpc) is 2.02. The van der Waals surface area contributed by atoms with Crippen molar-refractivity contribution in [2.45, 2.75) is 18.9 Å². The first-order valence-electron chi connectivity index (χ1n) is 3.31. The molecule has 0 aromatic carbocycles. The van der Waals surface area contributed by atoms with Gasteiger partial charge >= 0.3 is 11.9 Å². The molecule has 0 aromatic heterocycles. The fraction of sp³-hybridized carbons (Fsp3) is 0.714. The van der Waals surface area contributed by atoms with Crippen LogP contribution >= 0.6 is 0 Å².